The SMILES string of the molecule is CN(C)c1ccc(C(=O)Nc2ccc3c(cnn3-c3ccc(NC(=O)C4CC4)cc3F)c2)cc1. The number of nitrogens with zero attached hydrogens (tertiary/aromatic N) is 3. The van der Waals surface area contributed by atoms with Crippen LogP contribution in [-0.4, -0.2) is 35.7 Å². The lowest BCUT2D eigenvalue weighted by Gasteiger charge is -2.12. The molecule has 2 N–H and O–H groups in total. The lowest BCUT2D eigenvalue weighted by Crippen LogP contribution is -2.13. The van der Waals surface area contributed by atoms with Gasteiger partial charge in [0, 0.05) is 48.0 Å². The maximum atomic E-state index is 14.9. The number of anilines is 3. The normalized spacial score (nSPS) is 13.0. The molecule has 0 spiro atoms. The highest BCUT2D eigenvalue weighted by molar-refractivity contribution is 6.05. The molecular weight excluding hydrogens is 433 g/mol. The van der Waals surface area contributed by atoms with E-state index in [2.05, 4.69) is 15.7 Å². The number of aromatic nitrogens is 2. The van der Waals surface area contributed by atoms with Crippen molar-refractivity contribution in [3.8, 4) is 5.69 Å². The summed E-state index contributed by atoms with van der Waals surface area (Å²) in [6.07, 6.45) is 3.40. The monoisotopic (exact) mass is 457 g/mol. The van der Waals surface area contributed by atoms with Crippen LogP contribution >= 0.6 is 0 Å². The summed E-state index contributed by atoms with van der Waals surface area (Å²) in [7, 11) is 3.88. The molecule has 1 fully saturated rings. The second-order valence-corrected chi connectivity index (χ2v) is 8.66. The van der Waals surface area contributed by atoms with Gasteiger partial charge < -0.3 is 15.5 Å². The van der Waals surface area contributed by atoms with Gasteiger partial charge in [0.05, 0.1) is 11.7 Å². The van der Waals surface area contributed by atoms with E-state index < -0.39 is 5.82 Å². The van der Waals surface area contributed by atoms with E-state index in [1.165, 1.54) is 10.7 Å². The molecule has 1 aliphatic rings. The maximum Gasteiger partial charge on any atom is 0.255 e. The third-order valence-electron chi connectivity index (χ3n) is 5.86. The molecule has 1 aliphatic carbocycles. The number of halogens is 1. The number of carbonyl (C=O) groups excluding carboxylic acids is 2. The molecule has 5 rings (SSSR count). The van der Waals surface area contributed by atoms with Crippen LogP contribution in [-0.2, 0) is 4.79 Å². The first-order valence-electron chi connectivity index (χ1n) is 11.1. The molecule has 0 radical (unpaired) electrons. The van der Waals surface area contributed by atoms with Gasteiger partial charge in [-0.05, 0) is 73.5 Å². The quantitative estimate of drug-likeness (QED) is 0.435. The zero-order chi connectivity index (χ0) is 23.8. The van der Waals surface area contributed by atoms with E-state index >= 15 is 0 Å². The highest BCUT2D eigenvalue weighted by Gasteiger charge is 2.29. The average molecular weight is 458 g/mol. The summed E-state index contributed by atoms with van der Waals surface area (Å²) < 4.78 is 16.4. The molecule has 7 nitrogen and oxygen atoms in total. The Kier molecular flexibility index (Phi) is 5.49. The van der Waals surface area contributed by atoms with Gasteiger partial charge in [-0.1, -0.05) is 0 Å². The van der Waals surface area contributed by atoms with Gasteiger partial charge >= 0.3 is 0 Å². The molecule has 1 heterocycles. The van der Waals surface area contributed by atoms with Crippen LogP contribution in [0.2, 0.25) is 0 Å². The Balaban J connectivity index is 1.34. The zero-order valence-corrected chi connectivity index (χ0v) is 18.9. The van der Waals surface area contributed by atoms with Gasteiger partial charge in [-0.3, -0.25) is 9.59 Å². The van der Waals surface area contributed by atoms with Crippen molar-refractivity contribution in [3.63, 3.8) is 0 Å². The molecule has 0 aliphatic heterocycles. The Labute approximate surface area is 196 Å². The first kappa shape index (κ1) is 21.6. The van der Waals surface area contributed by atoms with Crippen LogP contribution in [0.15, 0.2) is 66.9 Å². The van der Waals surface area contributed by atoms with Crippen molar-refractivity contribution in [1.82, 2.24) is 9.78 Å². The van der Waals surface area contributed by atoms with Crippen LogP contribution in [0.3, 0.4) is 0 Å². The van der Waals surface area contributed by atoms with E-state index in [1.54, 1.807) is 48.7 Å². The fourth-order valence-corrected chi connectivity index (χ4v) is 3.76. The predicted octanol–water partition coefficient (Wildman–Crippen LogP) is 4.83. The second-order valence-electron chi connectivity index (χ2n) is 8.66. The molecule has 8 heteroatoms. The average Bonchev–Trinajstić information content (AvgIpc) is 3.60. The summed E-state index contributed by atoms with van der Waals surface area (Å²) in [6.45, 7) is 0. The number of benzene rings is 3. The smallest absolute Gasteiger partial charge is 0.255 e. The summed E-state index contributed by atoms with van der Waals surface area (Å²) in [5.41, 5.74) is 3.58. The minimum atomic E-state index is -0.489. The van der Waals surface area contributed by atoms with E-state index in [0.29, 0.717) is 22.5 Å². The van der Waals surface area contributed by atoms with Crippen LogP contribution in [0.25, 0.3) is 16.6 Å². The Morgan fingerprint density at radius 2 is 1.68 bits per heavy atom. The highest BCUT2D eigenvalue weighted by atomic mass is 19.1. The summed E-state index contributed by atoms with van der Waals surface area (Å²) in [5.74, 6) is -0.728. The summed E-state index contributed by atoms with van der Waals surface area (Å²) in [4.78, 5) is 26.5. The van der Waals surface area contributed by atoms with Crippen molar-refractivity contribution in [2.45, 2.75) is 12.8 Å². The Morgan fingerprint density at radius 3 is 2.35 bits per heavy atom. The largest absolute Gasteiger partial charge is 0.378 e. The number of rotatable bonds is 6. The second kappa shape index (κ2) is 8.62. The molecular formula is C26H24FN5O2. The number of carbonyl (C=O) groups is 2. The van der Waals surface area contributed by atoms with Crippen LogP contribution in [0, 0.1) is 11.7 Å². The molecule has 2 amide bonds. The predicted molar refractivity (Wildman–Crippen MR) is 131 cm³/mol. The lowest BCUT2D eigenvalue weighted by atomic mass is 10.1. The van der Waals surface area contributed by atoms with Crippen molar-refractivity contribution >= 4 is 39.8 Å². The van der Waals surface area contributed by atoms with Crippen LogP contribution in [0.1, 0.15) is 23.2 Å². The summed E-state index contributed by atoms with van der Waals surface area (Å²) in [6, 6.07) is 17.2. The van der Waals surface area contributed by atoms with Crippen molar-refractivity contribution < 1.29 is 14.0 Å². The molecule has 1 saturated carbocycles. The number of amides is 2. The van der Waals surface area contributed by atoms with Crippen LogP contribution < -0.4 is 15.5 Å². The van der Waals surface area contributed by atoms with E-state index in [-0.39, 0.29) is 23.4 Å². The van der Waals surface area contributed by atoms with Gasteiger partial charge in [0.1, 0.15) is 5.69 Å². The molecule has 0 saturated heterocycles. The van der Waals surface area contributed by atoms with E-state index in [1.807, 2.05) is 31.1 Å². The number of fused-ring (bicyclic) bond motifs is 1. The van der Waals surface area contributed by atoms with Crippen LogP contribution in [0.5, 0.6) is 0 Å². The molecule has 34 heavy (non-hydrogen) atoms. The molecule has 1 aromatic heterocycles. The van der Waals surface area contributed by atoms with Gasteiger partial charge in [-0.25, -0.2) is 9.07 Å². The van der Waals surface area contributed by atoms with Gasteiger partial charge in [-0.2, -0.15) is 5.10 Å². The third-order valence-corrected chi connectivity index (χ3v) is 5.86. The Bertz CT molecular complexity index is 1390. The first-order valence-corrected chi connectivity index (χ1v) is 11.1. The van der Waals surface area contributed by atoms with E-state index in [0.717, 1.165) is 23.9 Å². The number of hydrogen-bond donors (Lipinski definition) is 2. The lowest BCUT2D eigenvalue weighted by molar-refractivity contribution is -0.117. The Morgan fingerprint density at radius 1 is 0.971 bits per heavy atom. The van der Waals surface area contributed by atoms with Crippen molar-refractivity contribution in [3.05, 3.63) is 78.2 Å². The topological polar surface area (TPSA) is 79.3 Å². The molecule has 4 aromatic rings. The molecule has 0 unspecified atom stereocenters. The highest BCUT2D eigenvalue weighted by Crippen LogP contribution is 2.31. The van der Waals surface area contributed by atoms with Gasteiger partial charge in [0.2, 0.25) is 5.91 Å². The first-order chi connectivity index (χ1) is 16.4. The van der Waals surface area contributed by atoms with E-state index in [4.69, 9.17) is 0 Å². The van der Waals surface area contributed by atoms with Gasteiger partial charge in [-0.15, -0.1) is 0 Å². The molecule has 0 bridgehead atoms. The van der Waals surface area contributed by atoms with Crippen LogP contribution in [0.4, 0.5) is 21.5 Å². The summed E-state index contributed by atoms with van der Waals surface area (Å²) >= 11 is 0. The van der Waals surface area contributed by atoms with Crippen molar-refractivity contribution in [2.24, 2.45) is 5.92 Å². The van der Waals surface area contributed by atoms with Crippen molar-refractivity contribution in [1.29, 1.82) is 0 Å². The fourth-order valence-electron chi connectivity index (χ4n) is 3.76. The van der Waals surface area contributed by atoms with Gasteiger partial charge in [0.25, 0.3) is 5.91 Å². The molecule has 3 aromatic carbocycles. The third kappa shape index (κ3) is 4.34. The fraction of sp³-hybridized carbons (Fsp3) is 0.192. The molecule has 0 atom stereocenters. The van der Waals surface area contributed by atoms with Gasteiger partial charge in [0.15, 0.2) is 5.82 Å². The Hall–Kier alpha value is -4.20. The zero-order valence-electron chi connectivity index (χ0n) is 18.9. The summed E-state index contributed by atoms with van der Waals surface area (Å²) in [5, 5.41) is 10.7. The van der Waals surface area contributed by atoms with Crippen molar-refractivity contribution in [2.75, 3.05) is 29.6 Å². The number of hydrogen-bond acceptors (Lipinski definition) is 4. The standard InChI is InChI=1S/C26H24FN5O2/c1-31(2)21-9-5-17(6-10-21)26(34)29-19-7-11-23-18(13-19)15-28-32(23)24-12-8-20(14-22(24)27)30-25(33)16-3-4-16/h5-16H,3-4H2,1-2H3,(H,29,34)(H,30,33). The number of nitrogens with one attached hydrogen (secondary N) is 2. The minimum Gasteiger partial charge on any atom is -0.378 e. The molecule has 172 valence electrons. The minimum absolute atomic E-state index is 0.0462. The van der Waals surface area contributed by atoms with E-state index in [9.17, 15) is 14.0 Å². The maximum absolute atomic E-state index is 14.9.